The van der Waals surface area contributed by atoms with Crippen LogP contribution in [0.2, 0.25) is 0 Å². The van der Waals surface area contributed by atoms with Gasteiger partial charge in [-0.3, -0.25) is 0 Å². The highest BCUT2D eigenvalue weighted by Gasteiger charge is 2.36. The normalized spacial score (nSPS) is 12.8. The van der Waals surface area contributed by atoms with E-state index in [1.54, 1.807) is 0 Å². The van der Waals surface area contributed by atoms with Crippen molar-refractivity contribution in [1.29, 1.82) is 0 Å². The van der Waals surface area contributed by atoms with E-state index in [1.165, 1.54) is 88.0 Å². The number of fused-ring (bicyclic) bond motifs is 7. The van der Waals surface area contributed by atoms with Crippen molar-refractivity contribution in [3.63, 3.8) is 0 Å². The molecule has 0 radical (unpaired) electrons. The van der Waals surface area contributed by atoms with E-state index in [0.29, 0.717) is 0 Å². The molecule has 0 atom stereocenters. The van der Waals surface area contributed by atoms with E-state index in [1.807, 2.05) is 0 Å². The van der Waals surface area contributed by atoms with Gasteiger partial charge < -0.3 is 4.90 Å². The molecule has 1 aliphatic rings. The lowest BCUT2D eigenvalue weighted by molar-refractivity contribution is 0.660. The van der Waals surface area contributed by atoms with E-state index in [-0.39, 0.29) is 5.41 Å². The standard InChI is InChI=1S/C57H41N/c1-57(2)54-22-11-10-20-50(54)51-33-32-46(37-55(51)57)58(45-30-27-41(28-31-45)48-21-12-17-38-15-6-8-18-47(38)48)56-34-29-44(36-53(56)39-13-4-3-5-14-39)43-26-25-42-24-23-40-16-7-9-19-49(40)52(42)35-43/h3-37H,1-2H3. The lowest BCUT2D eigenvalue weighted by Gasteiger charge is -2.30. The smallest absolute Gasteiger partial charge is 0.0540 e. The van der Waals surface area contributed by atoms with Gasteiger partial charge in [-0.25, -0.2) is 0 Å². The predicted molar refractivity (Wildman–Crippen MR) is 248 cm³/mol. The van der Waals surface area contributed by atoms with E-state index in [0.717, 1.165) is 17.1 Å². The zero-order valence-electron chi connectivity index (χ0n) is 32.7. The largest absolute Gasteiger partial charge is 0.310 e. The highest BCUT2D eigenvalue weighted by Crippen LogP contribution is 2.51. The molecule has 11 rings (SSSR count). The first kappa shape index (κ1) is 34.1. The number of rotatable bonds is 6. The van der Waals surface area contributed by atoms with Crippen LogP contribution in [0.1, 0.15) is 25.0 Å². The quantitative estimate of drug-likeness (QED) is 0.154. The van der Waals surface area contributed by atoms with Crippen molar-refractivity contribution >= 4 is 49.4 Å². The Labute approximate surface area is 340 Å². The van der Waals surface area contributed by atoms with Crippen LogP contribution in [-0.2, 0) is 5.41 Å². The fraction of sp³-hybridized carbons (Fsp3) is 0.0526. The molecule has 10 aromatic carbocycles. The van der Waals surface area contributed by atoms with Crippen LogP contribution >= 0.6 is 0 Å². The molecule has 0 unspecified atom stereocenters. The third kappa shape index (κ3) is 5.54. The second kappa shape index (κ2) is 13.5. The molecule has 10 aromatic rings. The number of nitrogens with zero attached hydrogens (tertiary/aromatic N) is 1. The third-order valence-corrected chi connectivity index (χ3v) is 12.5. The Morgan fingerprint density at radius 3 is 1.69 bits per heavy atom. The zero-order chi connectivity index (χ0) is 38.8. The number of hydrogen-bond acceptors (Lipinski definition) is 1. The molecule has 274 valence electrons. The first-order valence-corrected chi connectivity index (χ1v) is 20.3. The monoisotopic (exact) mass is 739 g/mol. The summed E-state index contributed by atoms with van der Waals surface area (Å²) in [5, 5.41) is 7.58. The Kier molecular flexibility index (Phi) is 7.91. The Balaban J connectivity index is 1.11. The summed E-state index contributed by atoms with van der Waals surface area (Å²) in [6.07, 6.45) is 0. The summed E-state index contributed by atoms with van der Waals surface area (Å²) in [5.41, 5.74) is 15.8. The maximum atomic E-state index is 2.46. The fourth-order valence-electron chi connectivity index (χ4n) is 9.47. The van der Waals surface area contributed by atoms with Gasteiger partial charge in [0.1, 0.15) is 0 Å². The van der Waals surface area contributed by atoms with E-state index >= 15 is 0 Å². The van der Waals surface area contributed by atoms with Crippen LogP contribution in [0.5, 0.6) is 0 Å². The Morgan fingerprint density at radius 1 is 0.310 bits per heavy atom. The molecule has 0 heterocycles. The summed E-state index contributed by atoms with van der Waals surface area (Å²) in [6.45, 7) is 4.73. The molecule has 0 fully saturated rings. The minimum Gasteiger partial charge on any atom is -0.310 e. The second-order valence-corrected chi connectivity index (χ2v) is 16.1. The van der Waals surface area contributed by atoms with Crippen LogP contribution in [0.3, 0.4) is 0 Å². The van der Waals surface area contributed by atoms with Crippen molar-refractivity contribution in [3.05, 3.63) is 223 Å². The van der Waals surface area contributed by atoms with Gasteiger partial charge in [-0.15, -0.1) is 0 Å². The molecular weight excluding hydrogens is 699 g/mol. The lowest BCUT2D eigenvalue weighted by atomic mass is 9.82. The summed E-state index contributed by atoms with van der Waals surface area (Å²) in [4.78, 5) is 2.46. The van der Waals surface area contributed by atoms with Gasteiger partial charge >= 0.3 is 0 Å². The third-order valence-electron chi connectivity index (χ3n) is 12.5. The van der Waals surface area contributed by atoms with Gasteiger partial charge in [0.25, 0.3) is 0 Å². The minimum absolute atomic E-state index is 0.127. The number of anilines is 3. The van der Waals surface area contributed by atoms with Crippen LogP contribution in [-0.4, -0.2) is 0 Å². The molecule has 0 saturated carbocycles. The average molecular weight is 740 g/mol. The van der Waals surface area contributed by atoms with E-state index in [4.69, 9.17) is 0 Å². The second-order valence-electron chi connectivity index (χ2n) is 16.1. The summed E-state index contributed by atoms with van der Waals surface area (Å²) in [6, 6.07) is 78.3. The summed E-state index contributed by atoms with van der Waals surface area (Å²) < 4.78 is 0. The Hall–Kier alpha value is -7.22. The molecule has 0 saturated heterocycles. The van der Waals surface area contributed by atoms with Crippen LogP contribution in [0.15, 0.2) is 212 Å². The summed E-state index contributed by atoms with van der Waals surface area (Å²) >= 11 is 0. The van der Waals surface area contributed by atoms with Crippen molar-refractivity contribution in [1.82, 2.24) is 0 Å². The van der Waals surface area contributed by atoms with Gasteiger partial charge in [0.2, 0.25) is 0 Å². The van der Waals surface area contributed by atoms with Crippen molar-refractivity contribution in [2.45, 2.75) is 19.3 Å². The average Bonchev–Trinajstić information content (AvgIpc) is 3.52. The molecule has 0 N–H and O–H groups in total. The van der Waals surface area contributed by atoms with Gasteiger partial charge in [-0.1, -0.05) is 184 Å². The van der Waals surface area contributed by atoms with Crippen molar-refractivity contribution in [2.24, 2.45) is 0 Å². The highest BCUT2D eigenvalue weighted by molar-refractivity contribution is 6.09. The molecule has 0 aliphatic heterocycles. The van der Waals surface area contributed by atoms with Gasteiger partial charge in [-0.2, -0.15) is 0 Å². The van der Waals surface area contributed by atoms with E-state index in [9.17, 15) is 0 Å². The lowest BCUT2D eigenvalue weighted by Crippen LogP contribution is -2.17. The number of hydrogen-bond donors (Lipinski definition) is 0. The Bertz CT molecular complexity index is 3180. The maximum Gasteiger partial charge on any atom is 0.0540 e. The molecule has 58 heavy (non-hydrogen) atoms. The van der Waals surface area contributed by atoms with Gasteiger partial charge in [0, 0.05) is 22.4 Å². The van der Waals surface area contributed by atoms with Gasteiger partial charge in [0.05, 0.1) is 5.69 Å². The maximum absolute atomic E-state index is 2.46. The molecular formula is C57H41N. The van der Waals surface area contributed by atoms with Crippen LogP contribution < -0.4 is 4.90 Å². The first-order chi connectivity index (χ1) is 28.5. The van der Waals surface area contributed by atoms with Crippen molar-refractivity contribution < 1.29 is 0 Å². The molecule has 0 aromatic heterocycles. The minimum atomic E-state index is -0.127. The van der Waals surface area contributed by atoms with E-state index < -0.39 is 0 Å². The zero-order valence-corrected chi connectivity index (χ0v) is 32.7. The summed E-state index contributed by atoms with van der Waals surface area (Å²) in [7, 11) is 0. The molecule has 1 nitrogen and oxygen atoms in total. The van der Waals surface area contributed by atoms with Gasteiger partial charge in [-0.05, 0) is 125 Å². The molecule has 1 aliphatic carbocycles. The molecule has 0 spiro atoms. The predicted octanol–water partition coefficient (Wildman–Crippen LogP) is 15.9. The number of benzene rings is 10. The van der Waals surface area contributed by atoms with E-state index in [2.05, 4.69) is 231 Å². The van der Waals surface area contributed by atoms with Crippen LogP contribution in [0.25, 0.3) is 76.8 Å². The topological polar surface area (TPSA) is 3.24 Å². The highest BCUT2D eigenvalue weighted by atomic mass is 15.1. The SMILES string of the molecule is CC1(C)c2ccccc2-c2ccc(N(c3ccc(-c4cccc5ccccc45)cc3)c3ccc(-c4ccc5ccc6ccccc6c5c4)cc3-c3ccccc3)cc21. The fourth-order valence-corrected chi connectivity index (χ4v) is 9.47. The Morgan fingerprint density at radius 2 is 0.862 bits per heavy atom. The van der Waals surface area contributed by atoms with Crippen LogP contribution in [0, 0.1) is 0 Å². The first-order valence-electron chi connectivity index (χ1n) is 20.3. The molecule has 0 bridgehead atoms. The molecule has 0 amide bonds. The van der Waals surface area contributed by atoms with Crippen LogP contribution in [0.4, 0.5) is 17.1 Å². The van der Waals surface area contributed by atoms with Crippen molar-refractivity contribution in [2.75, 3.05) is 4.90 Å². The molecule has 1 heteroatoms. The van der Waals surface area contributed by atoms with Crippen molar-refractivity contribution in [3.8, 4) is 44.5 Å². The summed E-state index contributed by atoms with van der Waals surface area (Å²) in [5.74, 6) is 0. The van der Waals surface area contributed by atoms with Gasteiger partial charge in [0.15, 0.2) is 0 Å².